The summed E-state index contributed by atoms with van der Waals surface area (Å²) in [6.45, 7) is 16.1. The molecule has 1 aromatic rings. The Morgan fingerprint density at radius 1 is 1.00 bits per heavy atom. The summed E-state index contributed by atoms with van der Waals surface area (Å²) in [7, 11) is -3.29. The van der Waals surface area contributed by atoms with Crippen LogP contribution in [0.2, 0.25) is 39.3 Å². The maximum absolute atomic E-state index is 6.81. The van der Waals surface area contributed by atoms with Gasteiger partial charge in [0.15, 0.2) is 8.32 Å². The molecular formula is C26H40O2Si2. The molecular weight excluding hydrogens is 400 g/mol. The Kier molecular flexibility index (Phi) is 5.36. The first kappa shape index (κ1) is 22.2. The topological polar surface area (TPSA) is 18.5 Å². The summed E-state index contributed by atoms with van der Waals surface area (Å²) in [6, 6.07) is 6.94. The van der Waals surface area contributed by atoms with Gasteiger partial charge in [-0.25, -0.2) is 0 Å². The van der Waals surface area contributed by atoms with E-state index < -0.39 is 16.6 Å². The SMILES string of the molecule is C#C[C@]1(O[Si](C)(C)C)CCC2C3CCc4cc(O[Si](C)(C)C)ccc4C3CCC21C. The van der Waals surface area contributed by atoms with Gasteiger partial charge in [-0.2, -0.15) is 0 Å². The van der Waals surface area contributed by atoms with Gasteiger partial charge in [0.1, 0.15) is 11.4 Å². The van der Waals surface area contributed by atoms with Crippen LogP contribution in [0.1, 0.15) is 56.1 Å². The van der Waals surface area contributed by atoms with Crippen LogP contribution in [0.5, 0.6) is 5.75 Å². The van der Waals surface area contributed by atoms with Gasteiger partial charge in [0.2, 0.25) is 8.32 Å². The Hall–Kier alpha value is -1.03. The highest BCUT2D eigenvalue weighted by Crippen LogP contribution is 2.65. The Balaban J connectivity index is 1.62. The molecule has 0 aromatic heterocycles. The van der Waals surface area contributed by atoms with Crippen molar-refractivity contribution in [1.82, 2.24) is 0 Å². The molecule has 0 saturated heterocycles. The number of hydrogen-bond acceptors (Lipinski definition) is 2. The number of hydrogen-bond donors (Lipinski definition) is 0. The summed E-state index contributed by atoms with van der Waals surface area (Å²) in [5.41, 5.74) is 2.86. The van der Waals surface area contributed by atoms with E-state index in [2.05, 4.69) is 70.3 Å². The maximum Gasteiger partial charge on any atom is 0.242 e. The van der Waals surface area contributed by atoms with Gasteiger partial charge in [0.25, 0.3) is 0 Å². The second-order valence-electron chi connectivity index (χ2n) is 12.2. The van der Waals surface area contributed by atoms with Crippen LogP contribution in [0.15, 0.2) is 18.2 Å². The first-order valence-electron chi connectivity index (χ1n) is 11.9. The predicted molar refractivity (Wildman–Crippen MR) is 131 cm³/mol. The molecule has 3 aliphatic rings. The molecule has 2 fully saturated rings. The van der Waals surface area contributed by atoms with Crippen LogP contribution in [-0.4, -0.2) is 22.2 Å². The Morgan fingerprint density at radius 2 is 1.73 bits per heavy atom. The van der Waals surface area contributed by atoms with Crippen molar-refractivity contribution in [2.45, 2.75) is 96.2 Å². The zero-order valence-corrected chi connectivity index (χ0v) is 22.1. The van der Waals surface area contributed by atoms with Gasteiger partial charge in [-0.3, -0.25) is 0 Å². The minimum Gasteiger partial charge on any atom is -0.544 e. The zero-order chi connectivity index (χ0) is 21.9. The molecule has 4 unspecified atom stereocenters. The molecule has 0 spiro atoms. The number of benzene rings is 1. The Morgan fingerprint density at radius 3 is 2.37 bits per heavy atom. The van der Waals surface area contributed by atoms with Gasteiger partial charge in [-0.15, -0.1) is 6.42 Å². The lowest BCUT2D eigenvalue weighted by Crippen LogP contribution is -2.54. The van der Waals surface area contributed by atoms with E-state index >= 15 is 0 Å². The van der Waals surface area contributed by atoms with E-state index in [1.165, 1.54) is 37.7 Å². The molecule has 2 saturated carbocycles. The zero-order valence-electron chi connectivity index (χ0n) is 20.1. The summed E-state index contributed by atoms with van der Waals surface area (Å²) in [6.07, 6.45) is 13.3. The molecule has 3 aliphatic carbocycles. The average molecular weight is 441 g/mol. The fourth-order valence-electron chi connectivity index (χ4n) is 6.93. The van der Waals surface area contributed by atoms with Gasteiger partial charge in [-0.05, 0) is 119 Å². The van der Waals surface area contributed by atoms with Crippen molar-refractivity contribution < 1.29 is 8.85 Å². The smallest absolute Gasteiger partial charge is 0.242 e. The molecule has 0 radical (unpaired) electrons. The predicted octanol–water partition coefficient (Wildman–Crippen LogP) is 6.98. The standard InChI is InChI=1S/C26H40O2Si2/c1-9-26(28-30(6,7)8)17-15-24-23-12-10-19-18-20(27-29(3,4)5)11-13-21(19)22(23)14-16-25(24,26)2/h1,11,13,18,22-24H,10,12,14-17H2,2-8H3/t22?,23?,24?,25?,26-/m0/s1. The van der Waals surface area contributed by atoms with Gasteiger partial charge in [-0.1, -0.05) is 18.9 Å². The summed E-state index contributed by atoms with van der Waals surface area (Å²) in [5, 5.41) is 0. The first-order chi connectivity index (χ1) is 13.9. The van der Waals surface area contributed by atoms with E-state index in [0.717, 1.165) is 18.1 Å². The molecule has 0 bridgehead atoms. The molecule has 30 heavy (non-hydrogen) atoms. The molecule has 0 N–H and O–H groups in total. The number of fused-ring (bicyclic) bond motifs is 5. The summed E-state index contributed by atoms with van der Waals surface area (Å²) < 4.78 is 13.1. The summed E-state index contributed by atoms with van der Waals surface area (Å²) in [5.74, 6) is 6.38. The van der Waals surface area contributed by atoms with Crippen molar-refractivity contribution in [1.29, 1.82) is 0 Å². The molecule has 4 rings (SSSR count). The van der Waals surface area contributed by atoms with Crippen LogP contribution in [0, 0.1) is 29.6 Å². The molecule has 0 aliphatic heterocycles. The third-order valence-electron chi connectivity index (χ3n) is 7.96. The van der Waals surface area contributed by atoms with E-state index in [1.807, 2.05) is 0 Å². The summed E-state index contributed by atoms with van der Waals surface area (Å²) in [4.78, 5) is 0. The molecule has 2 nitrogen and oxygen atoms in total. The molecule has 1 aromatic carbocycles. The van der Waals surface area contributed by atoms with Crippen molar-refractivity contribution in [3.8, 4) is 18.1 Å². The molecule has 0 amide bonds. The van der Waals surface area contributed by atoms with Gasteiger partial charge in [0.05, 0.1) is 0 Å². The third-order valence-corrected chi connectivity index (χ3v) is 9.76. The van der Waals surface area contributed by atoms with Gasteiger partial charge in [0, 0.05) is 5.41 Å². The van der Waals surface area contributed by atoms with Gasteiger partial charge >= 0.3 is 0 Å². The molecule has 5 atom stereocenters. The second kappa shape index (κ2) is 7.25. The minimum atomic E-state index is -1.72. The first-order valence-corrected chi connectivity index (χ1v) is 18.7. The molecule has 0 heterocycles. The van der Waals surface area contributed by atoms with Crippen molar-refractivity contribution >= 4 is 16.6 Å². The third kappa shape index (κ3) is 3.72. The lowest BCUT2D eigenvalue weighted by atomic mass is 9.53. The number of terminal acetylenes is 1. The molecule has 4 heteroatoms. The lowest BCUT2D eigenvalue weighted by Gasteiger charge is -2.54. The van der Waals surface area contributed by atoms with Crippen molar-refractivity contribution in [3.05, 3.63) is 29.3 Å². The quantitative estimate of drug-likeness (QED) is 0.371. The number of aryl methyl sites for hydroxylation is 1. The largest absolute Gasteiger partial charge is 0.544 e. The van der Waals surface area contributed by atoms with E-state index in [-0.39, 0.29) is 11.0 Å². The van der Waals surface area contributed by atoms with Gasteiger partial charge < -0.3 is 8.85 Å². The van der Waals surface area contributed by atoms with Crippen LogP contribution in [0.3, 0.4) is 0 Å². The van der Waals surface area contributed by atoms with Crippen LogP contribution < -0.4 is 4.43 Å². The monoisotopic (exact) mass is 440 g/mol. The highest BCUT2D eigenvalue weighted by Gasteiger charge is 2.63. The minimum absolute atomic E-state index is 0.113. The Bertz CT molecular complexity index is 859. The molecule has 164 valence electrons. The summed E-state index contributed by atoms with van der Waals surface area (Å²) >= 11 is 0. The van der Waals surface area contributed by atoms with E-state index in [9.17, 15) is 0 Å². The average Bonchev–Trinajstić information content (AvgIpc) is 2.91. The highest BCUT2D eigenvalue weighted by atomic mass is 28.4. The Labute approximate surface area is 186 Å². The van der Waals surface area contributed by atoms with E-state index in [1.54, 1.807) is 5.56 Å². The fourth-order valence-corrected chi connectivity index (χ4v) is 9.20. The van der Waals surface area contributed by atoms with Crippen LogP contribution in [0.25, 0.3) is 0 Å². The second-order valence-corrected chi connectivity index (χ2v) is 21.0. The van der Waals surface area contributed by atoms with E-state index in [0.29, 0.717) is 11.8 Å². The van der Waals surface area contributed by atoms with Crippen molar-refractivity contribution in [2.75, 3.05) is 0 Å². The van der Waals surface area contributed by atoms with Crippen LogP contribution >= 0.6 is 0 Å². The lowest BCUT2D eigenvalue weighted by molar-refractivity contribution is -0.0537. The highest BCUT2D eigenvalue weighted by molar-refractivity contribution is 6.70. The van der Waals surface area contributed by atoms with Crippen molar-refractivity contribution in [3.63, 3.8) is 0 Å². The van der Waals surface area contributed by atoms with E-state index in [4.69, 9.17) is 15.3 Å². The van der Waals surface area contributed by atoms with Crippen LogP contribution in [-0.2, 0) is 10.8 Å². The van der Waals surface area contributed by atoms with Crippen molar-refractivity contribution in [2.24, 2.45) is 17.3 Å². The number of rotatable bonds is 4. The fraction of sp³-hybridized carbons (Fsp3) is 0.692. The maximum atomic E-state index is 6.81. The normalized spacial score (nSPS) is 35.7. The van der Waals surface area contributed by atoms with Crippen LogP contribution in [0.4, 0.5) is 0 Å².